The second kappa shape index (κ2) is 6.89. The molecule has 0 saturated heterocycles. The summed E-state index contributed by atoms with van der Waals surface area (Å²) in [7, 11) is 0. The Kier molecular flexibility index (Phi) is 4.69. The molecule has 23 heavy (non-hydrogen) atoms. The van der Waals surface area contributed by atoms with Crippen molar-refractivity contribution in [3.05, 3.63) is 29.8 Å². The fourth-order valence-electron chi connectivity index (χ4n) is 3.15. The third kappa shape index (κ3) is 3.75. The second-order valence-corrected chi connectivity index (χ2v) is 6.39. The molecule has 122 valence electrons. The van der Waals surface area contributed by atoms with Gasteiger partial charge in [0.1, 0.15) is 6.54 Å². The van der Waals surface area contributed by atoms with Crippen molar-refractivity contribution in [2.45, 2.75) is 52.1 Å². The average Bonchev–Trinajstić information content (AvgIpc) is 2.98. The number of aryl methyl sites for hydroxylation is 1. The molecule has 0 unspecified atom stereocenters. The van der Waals surface area contributed by atoms with E-state index in [1.807, 2.05) is 31.2 Å². The molecule has 6 nitrogen and oxygen atoms in total. The van der Waals surface area contributed by atoms with Crippen LogP contribution in [0, 0.1) is 12.8 Å². The third-order valence-corrected chi connectivity index (χ3v) is 4.58. The molecule has 1 aliphatic rings. The summed E-state index contributed by atoms with van der Waals surface area (Å²) >= 11 is 0. The van der Waals surface area contributed by atoms with Crippen LogP contribution in [0.3, 0.4) is 0 Å². The molecule has 0 aliphatic heterocycles. The number of hydrogen-bond donors (Lipinski definition) is 1. The zero-order chi connectivity index (χ0) is 16.2. The summed E-state index contributed by atoms with van der Waals surface area (Å²) in [6, 6.07) is 8.16. The van der Waals surface area contributed by atoms with Gasteiger partial charge in [0.15, 0.2) is 0 Å². The first kappa shape index (κ1) is 15.6. The van der Waals surface area contributed by atoms with Gasteiger partial charge in [-0.15, -0.1) is 10.2 Å². The van der Waals surface area contributed by atoms with E-state index in [1.165, 1.54) is 24.1 Å². The molecule has 1 aromatic carbocycles. The summed E-state index contributed by atoms with van der Waals surface area (Å²) in [6.07, 6.45) is 4.70. The van der Waals surface area contributed by atoms with Crippen molar-refractivity contribution < 1.29 is 4.79 Å². The quantitative estimate of drug-likeness (QED) is 0.940. The standard InChI is InChI=1S/C17H23N5O/c1-12-7-3-5-9-14(12)17-19-21-22(20-17)11-16(23)18-15-10-6-4-8-13(15)2/h3,5,7,9,13,15H,4,6,8,10-11H2,1-2H3,(H,18,23)/t13-,15-/m1/s1. The lowest BCUT2D eigenvalue weighted by molar-refractivity contribution is -0.123. The van der Waals surface area contributed by atoms with E-state index in [2.05, 4.69) is 27.7 Å². The lowest BCUT2D eigenvalue weighted by atomic mass is 9.86. The van der Waals surface area contributed by atoms with Gasteiger partial charge in [-0.05, 0) is 36.5 Å². The van der Waals surface area contributed by atoms with Gasteiger partial charge in [0.05, 0.1) is 0 Å². The molecule has 1 amide bonds. The number of rotatable bonds is 4. The Hall–Kier alpha value is -2.24. The van der Waals surface area contributed by atoms with Gasteiger partial charge >= 0.3 is 0 Å². The number of benzene rings is 1. The van der Waals surface area contributed by atoms with E-state index >= 15 is 0 Å². The van der Waals surface area contributed by atoms with Crippen LogP contribution in [0.5, 0.6) is 0 Å². The highest BCUT2D eigenvalue weighted by atomic mass is 16.2. The van der Waals surface area contributed by atoms with Gasteiger partial charge in [-0.25, -0.2) is 0 Å². The van der Waals surface area contributed by atoms with Crippen molar-refractivity contribution >= 4 is 5.91 Å². The van der Waals surface area contributed by atoms with Gasteiger partial charge in [0, 0.05) is 11.6 Å². The molecular weight excluding hydrogens is 290 g/mol. The fraction of sp³-hybridized carbons (Fsp3) is 0.529. The molecule has 1 aromatic heterocycles. The molecule has 2 atom stereocenters. The van der Waals surface area contributed by atoms with Crippen LogP contribution in [0.4, 0.5) is 0 Å². The molecule has 1 saturated carbocycles. The van der Waals surface area contributed by atoms with Crippen LogP contribution in [0.15, 0.2) is 24.3 Å². The number of nitrogens with one attached hydrogen (secondary N) is 1. The second-order valence-electron chi connectivity index (χ2n) is 6.39. The predicted molar refractivity (Wildman–Crippen MR) is 87.6 cm³/mol. The molecular formula is C17H23N5O. The Balaban J connectivity index is 1.62. The minimum atomic E-state index is -0.0440. The van der Waals surface area contributed by atoms with Crippen molar-refractivity contribution in [2.75, 3.05) is 0 Å². The number of amides is 1. The maximum absolute atomic E-state index is 12.2. The van der Waals surface area contributed by atoms with Gasteiger partial charge in [0.25, 0.3) is 0 Å². The number of hydrogen-bond acceptors (Lipinski definition) is 4. The monoisotopic (exact) mass is 313 g/mol. The molecule has 1 aliphatic carbocycles. The largest absolute Gasteiger partial charge is 0.351 e. The Morgan fingerprint density at radius 2 is 2.09 bits per heavy atom. The molecule has 3 rings (SSSR count). The smallest absolute Gasteiger partial charge is 0.243 e. The third-order valence-electron chi connectivity index (χ3n) is 4.58. The van der Waals surface area contributed by atoms with Crippen LogP contribution < -0.4 is 5.32 Å². The zero-order valence-corrected chi connectivity index (χ0v) is 13.7. The molecule has 1 N–H and O–H groups in total. The van der Waals surface area contributed by atoms with Crippen LogP contribution in [-0.2, 0) is 11.3 Å². The molecule has 0 spiro atoms. The SMILES string of the molecule is Cc1ccccc1-c1nnn(CC(=O)N[C@@H]2CCCC[C@H]2C)n1. The summed E-state index contributed by atoms with van der Waals surface area (Å²) in [5.41, 5.74) is 2.03. The first-order chi connectivity index (χ1) is 11.1. The number of nitrogens with zero attached hydrogens (tertiary/aromatic N) is 4. The number of carbonyl (C=O) groups excluding carboxylic acids is 1. The number of aromatic nitrogens is 4. The van der Waals surface area contributed by atoms with E-state index in [0.717, 1.165) is 17.5 Å². The summed E-state index contributed by atoms with van der Waals surface area (Å²) in [6.45, 7) is 4.32. The first-order valence-corrected chi connectivity index (χ1v) is 8.26. The van der Waals surface area contributed by atoms with Gasteiger partial charge in [0.2, 0.25) is 11.7 Å². The summed E-state index contributed by atoms with van der Waals surface area (Å²) < 4.78 is 0. The molecule has 0 radical (unpaired) electrons. The normalized spacial score (nSPS) is 21.1. The van der Waals surface area contributed by atoms with E-state index in [4.69, 9.17) is 0 Å². The zero-order valence-electron chi connectivity index (χ0n) is 13.7. The molecule has 2 aromatic rings. The number of carbonyl (C=O) groups is 1. The van der Waals surface area contributed by atoms with E-state index < -0.39 is 0 Å². The predicted octanol–water partition coefficient (Wildman–Crippen LogP) is 2.34. The Labute approximate surface area is 136 Å². The van der Waals surface area contributed by atoms with Crippen molar-refractivity contribution in [3.63, 3.8) is 0 Å². The minimum absolute atomic E-state index is 0.0440. The van der Waals surface area contributed by atoms with Crippen LogP contribution in [0.2, 0.25) is 0 Å². The maximum atomic E-state index is 12.2. The van der Waals surface area contributed by atoms with E-state index in [0.29, 0.717) is 11.7 Å². The lowest BCUT2D eigenvalue weighted by Crippen LogP contribution is -2.42. The Morgan fingerprint density at radius 1 is 1.30 bits per heavy atom. The Bertz CT molecular complexity index is 681. The van der Waals surface area contributed by atoms with E-state index in [-0.39, 0.29) is 18.5 Å². The van der Waals surface area contributed by atoms with Gasteiger partial charge in [-0.2, -0.15) is 4.80 Å². The van der Waals surface area contributed by atoms with Crippen LogP contribution in [0.25, 0.3) is 11.4 Å². The first-order valence-electron chi connectivity index (χ1n) is 8.26. The molecule has 0 bridgehead atoms. The Morgan fingerprint density at radius 3 is 2.87 bits per heavy atom. The summed E-state index contributed by atoms with van der Waals surface area (Å²) in [4.78, 5) is 13.6. The van der Waals surface area contributed by atoms with Crippen molar-refractivity contribution in [1.82, 2.24) is 25.5 Å². The van der Waals surface area contributed by atoms with Gasteiger partial charge < -0.3 is 5.32 Å². The number of tetrazole rings is 1. The highest BCUT2D eigenvalue weighted by Gasteiger charge is 2.23. The van der Waals surface area contributed by atoms with E-state index in [9.17, 15) is 4.79 Å². The highest BCUT2D eigenvalue weighted by molar-refractivity contribution is 5.75. The van der Waals surface area contributed by atoms with Crippen LogP contribution in [0.1, 0.15) is 38.2 Å². The topological polar surface area (TPSA) is 72.7 Å². The minimum Gasteiger partial charge on any atom is -0.351 e. The summed E-state index contributed by atoms with van der Waals surface area (Å²) in [5.74, 6) is 1.05. The molecule has 1 heterocycles. The average molecular weight is 313 g/mol. The van der Waals surface area contributed by atoms with Gasteiger partial charge in [-0.3, -0.25) is 4.79 Å². The van der Waals surface area contributed by atoms with Crippen LogP contribution >= 0.6 is 0 Å². The maximum Gasteiger partial charge on any atom is 0.243 e. The summed E-state index contributed by atoms with van der Waals surface area (Å²) in [5, 5.41) is 15.5. The van der Waals surface area contributed by atoms with E-state index in [1.54, 1.807) is 0 Å². The molecule has 6 heteroatoms. The molecule has 1 fully saturated rings. The van der Waals surface area contributed by atoms with Crippen molar-refractivity contribution in [3.8, 4) is 11.4 Å². The van der Waals surface area contributed by atoms with Crippen LogP contribution in [-0.4, -0.2) is 32.2 Å². The lowest BCUT2D eigenvalue weighted by Gasteiger charge is -2.29. The van der Waals surface area contributed by atoms with Gasteiger partial charge in [-0.1, -0.05) is 44.0 Å². The van der Waals surface area contributed by atoms with Crippen molar-refractivity contribution in [2.24, 2.45) is 5.92 Å². The fourth-order valence-corrected chi connectivity index (χ4v) is 3.15. The van der Waals surface area contributed by atoms with Crippen molar-refractivity contribution in [1.29, 1.82) is 0 Å². The highest BCUT2D eigenvalue weighted by Crippen LogP contribution is 2.23.